The Bertz CT molecular complexity index is 1920. The number of phenols is 6. The smallest absolute Gasteiger partial charge is 0.220 e. The van der Waals surface area contributed by atoms with Gasteiger partial charge in [-0.25, -0.2) is 0 Å². The van der Waals surface area contributed by atoms with Crippen LogP contribution >= 0.6 is 0 Å². The maximum Gasteiger partial charge on any atom is 0.220 e. The van der Waals surface area contributed by atoms with Gasteiger partial charge in [-0.1, -0.05) is 48.6 Å². The molecule has 4 aromatic carbocycles. The van der Waals surface area contributed by atoms with Crippen molar-refractivity contribution in [2.45, 2.75) is 65.2 Å². The lowest BCUT2D eigenvalue weighted by Gasteiger charge is -2.34. The molecule has 12 nitrogen and oxygen atoms in total. The normalized spacial score (nSPS) is 14.0. The lowest BCUT2D eigenvalue weighted by atomic mass is 9.97. The van der Waals surface area contributed by atoms with E-state index in [4.69, 9.17) is 0 Å². The van der Waals surface area contributed by atoms with Crippen LogP contribution in [0.4, 0.5) is 0 Å². The number of benzene rings is 4. The van der Waals surface area contributed by atoms with Gasteiger partial charge in [0, 0.05) is 85.1 Å². The summed E-state index contributed by atoms with van der Waals surface area (Å²) in [5, 5.41) is 70.3. The quantitative estimate of drug-likeness (QED) is 0.0408. The van der Waals surface area contributed by atoms with Gasteiger partial charge in [-0.3, -0.25) is 9.59 Å². The van der Waals surface area contributed by atoms with E-state index in [9.17, 15) is 40.2 Å². The first-order valence-corrected chi connectivity index (χ1v) is 19.6. The van der Waals surface area contributed by atoms with Crippen molar-refractivity contribution in [3.8, 4) is 34.5 Å². The molecule has 56 heavy (non-hydrogen) atoms. The summed E-state index contributed by atoms with van der Waals surface area (Å²) in [7, 11) is 0. The van der Waals surface area contributed by atoms with Gasteiger partial charge in [0.05, 0.1) is 10.8 Å². The van der Waals surface area contributed by atoms with Crippen molar-refractivity contribution in [2.24, 2.45) is 0 Å². The number of carbonyl (C=O) groups is 2. The number of unbranched alkanes of at least 4 members (excludes halogenated alkanes) is 2. The molecule has 1 heterocycles. The Kier molecular flexibility index (Phi) is 14.8. The summed E-state index contributed by atoms with van der Waals surface area (Å²) >= 11 is 0. The first kappa shape index (κ1) is 41.7. The van der Waals surface area contributed by atoms with E-state index in [1.54, 1.807) is 50.3 Å². The molecule has 0 unspecified atom stereocenters. The van der Waals surface area contributed by atoms with Crippen molar-refractivity contribution < 1.29 is 40.2 Å². The van der Waals surface area contributed by atoms with E-state index in [1.165, 1.54) is 12.1 Å². The molecular weight excluding hydrogens is 713 g/mol. The van der Waals surface area contributed by atoms with E-state index in [0.29, 0.717) is 84.6 Å². The molecule has 5 rings (SSSR count). The highest BCUT2D eigenvalue weighted by molar-refractivity contribution is 6.02. The van der Waals surface area contributed by atoms with Gasteiger partial charge in [0.25, 0.3) is 0 Å². The third-order valence-electron chi connectivity index (χ3n) is 10.6. The molecule has 4 aromatic rings. The van der Waals surface area contributed by atoms with Crippen LogP contribution < -0.4 is 10.6 Å². The number of fused-ring (bicyclic) bond motifs is 2. The van der Waals surface area contributed by atoms with Crippen LogP contribution in [-0.4, -0.2) is 105 Å². The fraction of sp³-hybridized carbons (Fsp3) is 0.409. The molecule has 1 aliphatic rings. The standard InChI is InChI=1S/C44H56N4O8/c1-29-31(43(55)39-33(41(29)53)15-9-17-35(39)49)13-5-3-7-19-37(51)45-21-11-23-47-25-27-48(28-26-47)24-12-22-46-38(52)20-8-4-6-14-32-30(2)42(54)34-16-10-18-36(50)40(34)44(32)56/h5-6,9-10,13-18,49-50,53-56H,3-4,7-8,11-12,19-28H2,1-2H3,(H,45,51)(H,46,52)/b13-5+,14-6+. The number of hydrogen-bond donors (Lipinski definition) is 8. The van der Waals surface area contributed by atoms with Crippen LogP contribution in [0.15, 0.2) is 48.6 Å². The van der Waals surface area contributed by atoms with Gasteiger partial charge in [-0.05, 0) is 77.6 Å². The van der Waals surface area contributed by atoms with E-state index in [2.05, 4.69) is 20.4 Å². The van der Waals surface area contributed by atoms with Gasteiger partial charge < -0.3 is 51.1 Å². The van der Waals surface area contributed by atoms with Gasteiger partial charge in [-0.15, -0.1) is 0 Å². The number of amides is 2. The summed E-state index contributed by atoms with van der Waals surface area (Å²) in [6, 6.07) is 9.47. The molecule has 0 saturated carbocycles. The Hall–Kier alpha value is -5.46. The lowest BCUT2D eigenvalue weighted by Crippen LogP contribution is -2.47. The zero-order chi connectivity index (χ0) is 40.2. The van der Waals surface area contributed by atoms with Crippen molar-refractivity contribution in [1.29, 1.82) is 0 Å². The molecule has 8 N–H and O–H groups in total. The fourth-order valence-electron chi connectivity index (χ4n) is 7.30. The Morgan fingerprint density at radius 3 is 1.38 bits per heavy atom. The number of allylic oxidation sites excluding steroid dienone is 2. The van der Waals surface area contributed by atoms with Crippen molar-refractivity contribution in [2.75, 3.05) is 52.4 Å². The fourth-order valence-corrected chi connectivity index (χ4v) is 7.30. The van der Waals surface area contributed by atoms with Crippen molar-refractivity contribution in [3.63, 3.8) is 0 Å². The molecule has 0 bridgehead atoms. The summed E-state index contributed by atoms with van der Waals surface area (Å²) in [5.41, 5.74) is 1.95. The number of hydrogen-bond acceptors (Lipinski definition) is 10. The number of nitrogens with zero attached hydrogens (tertiary/aromatic N) is 2. The second-order valence-electron chi connectivity index (χ2n) is 14.6. The SMILES string of the molecule is Cc1c(/C=C/CCCC(=O)NCCCN2CCN(CCCNC(=O)CCC/C=C/c3c(C)c(O)c4cccc(O)c4c3O)CC2)c(O)c2c(O)cccc2c1O. The van der Waals surface area contributed by atoms with Crippen LogP contribution in [0.5, 0.6) is 34.5 Å². The van der Waals surface area contributed by atoms with Gasteiger partial charge in [0.2, 0.25) is 11.8 Å². The number of carbonyl (C=O) groups excluding carboxylic acids is 2. The average Bonchev–Trinajstić information content (AvgIpc) is 3.18. The van der Waals surface area contributed by atoms with Gasteiger partial charge in [0.1, 0.15) is 34.5 Å². The van der Waals surface area contributed by atoms with E-state index < -0.39 is 0 Å². The molecule has 0 atom stereocenters. The summed E-state index contributed by atoms with van der Waals surface area (Å²) in [5.74, 6) is -0.289. The van der Waals surface area contributed by atoms with E-state index >= 15 is 0 Å². The van der Waals surface area contributed by atoms with Crippen LogP contribution in [0.3, 0.4) is 0 Å². The number of aromatic hydroxyl groups is 6. The Morgan fingerprint density at radius 1 is 0.589 bits per heavy atom. The van der Waals surface area contributed by atoms with Gasteiger partial charge in [0.15, 0.2) is 0 Å². The minimum absolute atomic E-state index is 0.0112. The molecule has 12 heteroatoms. The lowest BCUT2D eigenvalue weighted by molar-refractivity contribution is -0.122. The van der Waals surface area contributed by atoms with E-state index in [0.717, 1.165) is 52.1 Å². The number of phenolic OH excluding ortho intramolecular Hbond substituents is 6. The molecule has 0 aliphatic carbocycles. The van der Waals surface area contributed by atoms with Crippen LogP contribution in [0.25, 0.3) is 33.7 Å². The van der Waals surface area contributed by atoms with Crippen LogP contribution in [0.2, 0.25) is 0 Å². The first-order valence-electron chi connectivity index (χ1n) is 19.6. The van der Waals surface area contributed by atoms with Gasteiger partial charge in [-0.2, -0.15) is 0 Å². The Balaban J connectivity index is 0.879. The largest absolute Gasteiger partial charge is 0.507 e. The molecule has 0 aromatic heterocycles. The second-order valence-corrected chi connectivity index (χ2v) is 14.6. The molecule has 1 fully saturated rings. The zero-order valence-corrected chi connectivity index (χ0v) is 32.5. The summed E-state index contributed by atoms with van der Waals surface area (Å²) in [6.45, 7) is 10.4. The number of rotatable bonds is 18. The van der Waals surface area contributed by atoms with Crippen molar-refractivity contribution in [3.05, 3.63) is 70.8 Å². The summed E-state index contributed by atoms with van der Waals surface area (Å²) in [6.07, 6.45) is 12.3. The molecule has 1 aliphatic heterocycles. The Morgan fingerprint density at radius 2 is 0.982 bits per heavy atom. The minimum atomic E-state index is -0.0976. The average molecular weight is 769 g/mol. The predicted molar refractivity (Wildman–Crippen MR) is 221 cm³/mol. The van der Waals surface area contributed by atoms with Crippen LogP contribution in [0, 0.1) is 13.8 Å². The predicted octanol–water partition coefficient (Wildman–Crippen LogP) is 6.54. The maximum absolute atomic E-state index is 12.4. The highest BCUT2D eigenvalue weighted by Gasteiger charge is 2.19. The Labute approximate surface area is 328 Å². The third-order valence-corrected chi connectivity index (χ3v) is 10.6. The van der Waals surface area contributed by atoms with Gasteiger partial charge >= 0.3 is 0 Å². The van der Waals surface area contributed by atoms with Crippen molar-refractivity contribution in [1.82, 2.24) is 20.4 Å². The molecule has 300 valence electrons. The number of nitrogens with one attached hydrogen (secondary N) is 2. The summed E-state index contributed by atoms with van der Waals surface area (Å²) in [4.78, 5) is 29.6. The molecular formula is C44H56N4O8. The topological polar surface area (TPSA) is 186 Å². The molecule has 0 radical (unpaired) electrons. The number of piperazine rings is 1. The maximum atomic E-state index is 12.4. The minimum Gasteiger partial charge on any atom is -0.507 e. The zero-order valence-electron chi connectivity index (χ0n) is 32.5. The van der Waals surface area contributed by atoms with E-state index in [1.807, 2.05) is 12.2 Å². The molecule has 0 spiro atoms. The van der Waals surface area contributed by atoms with Crippen LogP contribution in [-0.2, 0) is 9.59 Å². The summed E-state index contributed by atoms with van der Waals surface area (Å²) < 4.78 is 0. The second kappa shape index (κ2) is 19.9. The monoisotopic (exact) mass is 768 g/mol. The highest BCUT2D eigenvalue weighted by atomic mass is 16.3. The van der Waals surface area contributed by atoms with Crippen molar-refractivity contribution >= 4 is 45.5 Å². The van der Waals surface area contributed by atoms with Crippen LogP contribution in [0.1, 0.15) is 73.6 Å². The first-order chi connectivity index (χ1) is 27.0. The highest BCUT2D eigenvalue weighted by Crippen LogP contribution is 2.45. The molecule has 2 amide bonds. The van der Waals surface area contributed by atoms with E-state index in [-0.39, 0.29) is 57.1 Å². The molecule has 1 saturated heterocycles. The third kappa shape index (κ3) is 10.4.